The third-order valence-corrected chi connectivity index (χ3v) is 5.63. The van der Waals surface area contributed by atoms with Crippen LogP contribution in [0.15, 0.2) is 30.3 Å². The number of nitrogens with one attached hydrogen (secondary N) is 1. The zero-order valence-electron chi connectivity index (χ0n) is 16.9. The summed E-state index contributed by atoms with van der Waals surface area (Å²) >= 11 is 1.32. The van der Waals surface area contributed by atoms with Gasteiger partial charge in [-0.15, -0.1) is 11.3 Å². The topological polar surface area (TPSA) is 75.7 Å². The number of carbonyl (C=O) groups is 3. The lowest BCUT2D eigenvalue weighted by molar-refractivity contribution is -0.140. The summed E-state index contributed by atoms with van der Waals surface area (Å²) in [6, 6.07) is 8.97. The van der Waals surface area contributed by atoms with Crippen LogP contribution in [0.4, 0.5) is 5.00 Å². The van der Waals surface area contributed by atoms with Crippen LogP contribution in [-0.4, -0.2) is 35.8 Å². The highest BCUT2D eigenvalue weighted by atomic mass is 32.1. The van der Waals surface area contributed by atoms with Gasteiger partial charge in [-0.2, -0.15) is 0 Å². The lowest BCUT2D eigenvalue weighted by atomic mass is 10.1. The van der Waals surface area contributed by atoms with Crippen LogP contribution >= 0.6 is 11.3 Å². The molecule has 0 bridgehead atoms. The van der Waals surface area contributed by atoms with E-state index < -0.39 is 12.1 Å². The largest absolute Gasteiger partial charge is 0.444 e. The number of amides is 2. The summed E-state index contributed by atoms with van der Waals surface area (Å²) in [5.74, 6) is -1.16. The third-order valence-electron chi connectivity index (χ3n) is 4.51. The maximum atomic E-state index is 13.0. The van der Waals surface area contributed by atoms with E-state index >= 15 is 0 Å². The number of thiophene rings is 1. The van der Waals surface area contributed by atoms with E-state index in [9.17, 15) is 14.4 Å². The van der Waals surface area contributed by atoms with Crippen molar-refractivity contribution in [1.82, 2.24) is 4.90 Å². The molecule has 6 nitrogen and oxygen atoms in total. The summed E-state index contributed by atoms with van der Waals surface area (Å²) in [6.07, 6.45) is -1.04. The Bertz CT molecular complexity index is 857. The molecule has 1 aromatic heterocycles. The minimum Gasteiger partial charge on any atom is -0.444 e. The summed E-state index contributed by atoms with van der Waals surface area (Å²) in [5.41, 5.74) is 1.64. The van der Waals surface area contributed by atoms with Crippen LogP contribution in [0.5, 0.6) is 0 Å². The number of rotatable bonds is 7. The number of carbonyl (C=O) groups excluding carboxylic acids is 3. The van der Waals surface area contributed by atoms with Crippen molar-refractivity contribution in [3.63, 3.8) is 0 Å². The molecule has 0 radical (unpaired) electrons. The Morgan fingerprint density at radius 1 is 1.11 bits per heavy atom. The highest BCUT2D eigenvalue weighted by molar-refractivity contribution is 7.16. The van der Waals surface area contributed by atoms with E-state index in [2.05, 4.69) is 5.32 Å². The predicted octanol–water partition coefficient (Wildman–Crippen LogP) is 4.09. The number of likely N-dealkylation sites (N-methyl/N-ethyl adjacent to an activating group) is 1. The van der Waals surface area contributed by atoms with Gasteiger partial charge in [-0.25, -0.2) is 4.79 Å². The molecular weight excluding hydrogens is 376 g/mol. The quantitative estimate of drug-likeness (QED) is 0.708. The van der Waals surface area contributed by atoms with Crippen LogP contribution in [0.3, 0.4) is 0 Å². The molecular formula is C21H26N2O4S. The fourth-order valence-corrected chi connectivity index (χ4v) is 3.97. The van der Waals surface area contributed by atoms with Crippen molar-refractivity contribution < 1.29 is 19.1 Å². The van der Waals surface area contributed by atoms with E-state index in [1.165, 1.54) is 18.3 Å². The highest BCUT2D eigenvalue weighted by Crippen LogP contribution is 2.34. The first-order valence-corrected chi connectivity index (χ1v) is 10.0. The van der Waals surface area contributed by atoms with Crippen LogP contribution in [-0.2, 0) is 14.3 Å². The number of hydrogen-bond donors (Lipinski definition) is 1. The summed E-state index contributed by atoms with van der Waals surface area (Å²) in [5, 5.41) is 3.13. The van der Waals surface area contributed by atoms with Gasteiger partial charge in [0.2, 0.25) is 12.0 Å². The Morgan fingerprint density at radius 2 is 1.71 bits per heavy atom. The molecule has 1 N–H and O–H groups in total. The molecule has 150 valence electrons. The highest BCUT2D eigenvalue weighted by Gasteiger charge is 2.31. The average molecular weight is 403 g/mol. The van der Waals surface area contributed by atoms with Gasteiger partial charge < -0.3 is 15.0 Å². The standard InChI is InChI=1S/C21H26N2O4S/c1-6-23(7-2)20(25)18(16-11-9-8-10-12-16)27-21(26)17-13(3)14(4)28-19(17)22-15(5)24/h8-12,18H,6-7H2,1-5H3,(H,22,24)/t18-/m0/s1. The number of hydrogen-bond acceptors (Lipinski definition) is 5. The Kier molecular flexibility index (Phi) is 7.34. The molecule has 0 spiro atoms. The summed E-state index contributed by atoms with van der Waals surface area (Å²) < 4.78 is 5.71. The molecule has 2 amide bonds. The lowest BCUT2D eigenvalue weighted by Crippen LogP contribution is -2.36. The minimum atomic E-state index is -1.04. The monoisotopic (exact) mass is 402 g/mol. The smallest absolute Gasteiger partial charge is 0.342 e. The Hall–Kier alpha value is -2.67. The normalized spacial score (nSPS) is 11.6. The molecule has 0 aliphatic rings. The number of ether oxygens (including phenoxy) is 1. The maximum Gasteiger partial charge on any atom is 0.342 e. The Morgan fingerprint density at radius 3 is 2.25 bits per heavy atom. The van der Waals surface area contributed by atoms with Crippen molar-refractivity contribution in [2.75, 3.05) is 18.4 Å². The van der Waals surface area contributed by atoms with Gasteiger partial charge >= 0.3 is 5.97 Å². The number of aryl methyl sites for hydroxylation is 1. The molecule has 1 atom stereocenters. The van der Waals surface area contributed by atoms with Crippen molar-refractivity contribution in [2.45, 2.75) is 40.7 Å². The van der Waals surface area contributed by atoms with Gasteiger partial charge in [0, 0.05) is 30.5 Å². The van der Waals surface area contributed by atoms with Gasteiger partial charge in [-0.3, -0.25) is 9.59 Å². The first-order chi connectivity index (χ1) is 13.3. The van der Waals surface area contributed by atoms with E-state index in [0.717, 1.165) is 10.4 Å². The van der Waals surface area contributed by atoms with Crippen LogP contribution in [0.2, 0.25) is 0 Å². The first-order valence-electron chi connectivity index (χ1n) is 9.22. The van der Waals surface area contributed by atoms with E-state index in [1.54, 1.807) is 36.1 Å². The van der Waals surface area contributed by atoms with Crippen LogP contribution in [0, 0.1) is 13.8 Å². The number of benzene rings is 1. The van der Waals surface area contributed by atoms with Crippen LogP contribution in [0.1, 0.15) is 53.2 Å². The maximum absolute atomic E-state index is 13.0. The van der Waals surface area contributed by atoms with Crippen LogP contribution in [0.25, 0.3) is 0 Å². The van der Waals surface area contributed by atoms with Crippen molar-refractivity contribution in [3.05, 3.63) is 51.9 Å². The SMILES string of the molecule is CCN(CC)C(=O)[C@@H](OC(=O)c1c(NC(C)=O)sc(C)c1C)c1ccccc1. The van der Waals surface area contributed by atoms with E-state index in [4.69, 9.17) is 4.74 Å². The zero-order chi connectivity index (χ0) is 20.8. The molecule has 2 rings (SSSR count). The van der Waals surface area contributed by atoms with E-state index in [0.29, 0.717) is 29.2 Å². The molecule has 7 heteroatoms. The zero-order valence-corrected chi connectivity index (χ0v) is 17.7. The Labute approximate surface area is 169 Å². The van der Waals surface area contributed by atoms with Gasteiger partial charge in [-0.1, -0.05) is 30.3 Å². The number of nitrogens with zero attached hydrogens (tertiary/aromatic N) is 1. The number of anilines is 1. The predicted molar refractivity (Wildman–Crippen MR) is 111 cm³/mol. The molecule has 1 aromatic carbocycles. The molecule has 0 saturated carbocycles. The van der Waals surface area contributed by atoms with E-state index in [-0.39, 0.29) is 11.8 Å². The van der Waals surface area contributed by atoms with Gasteiger partial charge in [0.15, 0.2) is 0 Å². The molecule has 28 heavy (non-hydrogen) atoms. The summed E-state index contributed by atoms with van der Waals surface area (Å²) in [4.78, 5) is 40.1. The summed E-state index contributed by atoms with van der Waals surface area (Å²) in [6.45, 7) is 9.86. The van der Waals surface area contributed by atoms with E-state index in [1.807, 2.05) is 26.8 Å². The molecule has 2 aromatic rings. The minimum absolute atomic E-state index is 0.268. The van der Waals surface area contributed by atoms with Crippen molar-refractivity contribution in [3.8, 4) is 0 Å². The second-order valence-corrected chi connectivity index (χ2v) is 7.60. The Balaban J connectivity index is 2.41. The van der Waals surface area contributed by atoms with Crippen LogP contribution < -0.4 is 5.32 Å². The molecule has 0 unspecified atom stereocenters. The molecule has 0 aliphatic heterocycles. The molecule has 0 saturated heterocycles. The molecule has 1 heterocycles. The first kappa shape index (κ1) is 21.6. The summed E-state index contributed by atoms with van der Waals surface area (Å²) in [7, 11) is 0. The van der Waals surface area contributed by atoms with Gasteiger partial charge in [0.05, 0.1) is 5.56 Å². The van der Waals surface area contributed by atoms with Gasteiger partial charge in [0.25, 0.3) is 5.91 Å². The molecule has 0 aliphatic carbocycles. The fourth-order valence-electron chi connectivity index (χ4n) is 2.88. The van der Waals surface area contributed by atoms with Gasteiger partial charge in [-0.05, 0) is 33.3 Å². The third kappa shape index (κ3) is 4.78. The van der Waals surface area contributed by atoms with Crippen molar-refractivity contribution >= 4 is 34.1 Å². The number of esters is 1. The van der Waals surface area contributed by atoms with Gasteiger partial charge in [0.1, 0.15) is 5.00 Å². The fraction of sp³-hybridized carbons (Fsp3) is 0.381. The second-order valence-electron chi connectivity index (χ2n) is 6.38. The molecule has 0 fully saturated rings. The van der Waals surface area contributed by atoms with Crippen molar-refractivity contribution in [1.29, 1.82) is 0 Å². The second kappa shape index (κ2) is 9.50. The lowest BCUT2D eigenvalue weighted by Gasteiger charge is -2.25. The average Bonchev–Trinajstić information content (AvgIpc) is 2.94. The van der Waals surface area contributed by atoms with Crippen molar-refractivity contribution in [2.24, 2.45) is 0 Å².